The Labute approximate surface area is 187 Å². The number of fused-ring (bicyclic) bond motifs is 1. The van der Waals surface area contributed by atoms with Crippen molar-refractivity contribution < 1.29 is 17.9 Å². The first-order chi connectivity index (χ1) is 15.0. The molecule has 1 saturated heterocycles. The highest BCUT2D eigenvalue weighted by atomic mass is 35.5. The lowest BCUT2D eigenvalue weighted by Crippen LogP contribution is -2.43. The number of hydrogen-bond donors (Lipinski definition) is 1. The lowest BCUT2D eigenvalue weighted by atomic mass is 10.1. The third kappa shape index (κ3) is 5.11. The number of sulfonamides is 1. The molecular weight excluding hydrogens is 440 g/mol. The molecule has 0 radical (unpaired) electrons. The van der Waals surface area contributed by atoms with Crippen LogP contribution in [-0.2, 0) is 27.6 Å². The second kappa shape index (κ2) is 9.68. The Morgan fingerprint density at radius 1 is 1.10 bits per heavy atom. The van der Waals surface area contributed by atoms with Crippen molar-refractivity contribution in [3.05, 3.63) is 46.2 Å². The third-order valence-corrected chi connectivity index (χ3v) is 7.85. The van der Waals surface area contributed by atoms with Crippen molar-refractivity contribution >= 4 is 27.5 Å². The van der Waals surface area contributed by atoms with Gasteiger partial charge in [0, 0.05) is 35.9 Å². The van der Waals surface area contributed by atoms with Crippen LogP contribution in [0.4, 0.5) is 0 Å². The monoisotopic (exact) mass is 466 g/mol. The van der Waals surface area contributed by atoms with Crippen molar-refractivity contribution in [1.29, 1.82) is 0 Å². The zero-order chi connectivity index (χ0) is 21.8. The number of nitrogens with one attached hydrogen (secondary N) is 1. The van der Waals surface area contributed by atoms with E-state index in [1.54, 1.807) is 12.1 Å². The van der Waals surface area contributed by atoms with Gasteiger partial charge in [-0.3, -0.25) is 4.79 Å². The van der Waals surface area contributed by atoms with Gasteiger partial charge in [-0.25, -0.2) is 13.1 Å². The van der Waals surface area contributed by atoms with Crippen LogP contribution in [0.1, 0.15) is 41.0 Å². The molecule has 0 atom stereocenters. The van der Waals surface area contributed by atoms with Gasteiger partial charge in [-0.1, -0.05) is 18.0 Å². The molecule has 1 aromatic heterocycles. The van der Waals surface area contributed by atoms with E-state index in [2.05, 4.69) is 10.4 Å². The fraction of sp³-hybridized carbons (Fsp3) is 0.524. The molecule has 0 bridgehead atoms. The normalized spacial score (nSPS) is 17.7. The lowest BCUT2D eigenvalue weighted by molar-refractivity contribution is 0.0730. The third-order valence-electron chi connectivity index (χ3n) is 5.73. The summed E-state index contributed by atoms with van der Waals surface area (Å²) in [5.41, 5.74) is 3.25. The predicted octanol–water partition coefficient (Wildman–Crippen LogP) is 2.19. The van der Waals surface area contributed by atoms with Crippen molar-refractivity contribution in [2.45, 2.75) is 32.1 Å². The van der Waals surface area contributed by atoms with Crippen LogP contribution in [0.5, 0.6) is 0 Å². The molecule has 1 N–H and O–H groups in total. The summed E-state index contributed by atoms with van der Waals surface area (Å²) >= 11 is 6.02. The minimum atomic E-state index is -3.43. The van der Waals surface area contributed by atoms with Gasteiger partial charge >= 0.3 is 0 Å². The summed E-state index contributed by atoms with van der Waals surface area (Å²) in [7, 11) is -3.43. The molecule has 0 spiro atoms. The number of aromatic nitrogens is 2. The molecule has 2 aromatic rings. The average molecular weight is 467 g/mol. The summed E-state index contributed by atoms with van der Waals surface area (Å²) in [4.78, 5) is 13.0. The van der Waals surface area contributed by atoms with Crippen molar-refractivity contribution in [2.24, 2.45) is 0 Å². The fourth-order valence-electron chi connectivity index (χ4n) is 4.09. The number of amides is 1. The molecule has 0 saturated carbocycles. The summed E-state index contributed by atoms with van der Waals surface area (Å²) in [6, 6.07) is 7.38. The van der Waals surface area contributed by atoms with E-state index in [4.69, 9.17) is 16.3 Å². The maximum absolute atomic E-state index is 13.0. The van der Waals surface area contributed by atoms with Crippen LogP contribution in [-0.4, -0.2) is 67.0 Å². The van der Waals surface area contributed by atoms with Crippen LogP contribution >= 0.6 is 11.6 Å². The number of halogens is 1. The quantitative estimate of drug-likeness (QED) is 0.658. The molecule has 8 nitrogen and oxygen atoms in total. The summed E-state index contributed by atoms with van der Waals surface area (Å²) < 4.78 is 33.4. The highest BCUT2D eigenvalue weighted by Gasteiger charge is 2.27. The smallest absolute Gasteiger partial charge is 0.272 e. The summed E-state index contributed by atoms with van der Waals surface area (Å²) in [5.74, 6) is -0.471. The fourth-order valence-corrected chi connectivity index (χ4v) is 5.53. The SMILES string of the molecule is O=C(NCCS(=O)(=O)N1CCOCC1)c1nn(-c2ccc(Cl)cc2)c2c1CCCCC2. The number of ether oxygens (including phenoxy) is 1. The van der Waals surface area contributed by atoms with Gasteiger partial charge in [0.15, 0.2) is 5.69 Å². The number of rotatable bonds is 6. The van der Waals surface area contributed by atoms with Crippen LogP contribution in [0.15, 0.2) is 24.3 Å². The zero-order valence-corrected chi connectivity index (χ0v) is 18.9. The number of hydrogen-bond acceptors (Lipinski definition) is 5. The van der Waals surface area contributed by atoms with E-state index in [0.29, 0.717) is 37.0 Å². The largest absolute Gasteiger partial charge is 0.379 e. The molecule has 0 unspecified atom stereocenters. The molecule has 1 amide bonds. The van der Waals surface area contributed by atoms with E-state index in [-0.39, 0.29) is 18.2 Å². The second-order valence-corrected chi connectivity index (χ2v) is 10.3. The van der Waals surface area contributed by atoms with E-state index < -0.39 is 10.0 Å². The van der Waals surface area contributed by atoms with E-state index in [9.17, 15) is 13.2 Å². The van der Waals surface area contributed by atoms with Crippen LogP contribution in [0.25, 0.3) is 5.69 Å². The predicted molar refractivity (Wildman–Crippen MR) is 118 cm³/mol. The Kier molecular flexibility index (Phi) is 6.95. The topological polar surface area (TPSA) is 93.5 Å². The van der Waals surface area contributed by atoms with Gasteiger partial charge < -0.3 is 10.1 Å². The van der Waals surface area contributed by atoms with E-state index in [1.165, 1.54) is 4.31 Å². The Balaban J connectivity index is 1.50. The van der Waals surface area contributed by atoms with Crippen molar-refractivity contribution in [3.8, 4) is 5.69 Å². The summed E-state index contributed by atoms with van der Waals surface area (Å²) in [6.45, 7) is 1.56. The molecule has 1 fully saturated rings. The molecule has 31 heavy (non-hydrogen) atoms. The minimum absolute atomic E-state index is 0.0428. The molecule has 1 aromatic carbocycles. The molecule has 1 aliphatic heterocycles. The zero-order valence-electron chi connectivity index (χ0n) is 17.3. The van der Waals surface area contributed by atoms with Crippen LogP contribution in [0.3, 0.4) is 0 Å². The first-order valence-corrected chi connectivity index (χ1v) is 12.6. The van der Waals surface area contributed by atoms with Crippen LogP contribution in [0, 0.1) is 0 Å². The number of morpholine rings is 1. The number of nitrogens with zero attached hydrogens (tertiary/aromatic N) is 3. The van der Waals surface area contributed by atoms with Gasteiger partial charge in [0.25, 0.3) is 5.91 Å². The lowest BCUT2D eigenvalue weighted by Gasteiger charge is -2.26. The average Bonchev–Trinajstić information content (AvgIpc) is 2.96. The Morgan fingerprint density at radius 3 is 2.55 bits per heavy atom. The van der Waals surface area contributed by atoms with Crippen molar-refractivity contribution in [3.63, 3.8) is 0 Å². The van der Waals surface area contributed by atoms with Gasteiger partial charge in [-0.15, -0.1) is 0 Å². The first kappa shape index (κ1) is 22.3. The molecular formula is C21H27ClN4O4S. The second-order valence-electron chi connectivity index (χ2n) is 7.81. The molecule has 4 rings (SSSR count). The van der Waals surface area contributed by atoms with E-state index in [0.717, 1.165) is 49.0 Å². The first-order valence-electron chi connectivity index (χ1n) is 10.7. The van der Waals surface area contributed by atoms with Crippen molar-refractivity contribution in [2.75, 3.05) is 38.6 Å². The van der Waals surface area contributed by atoms with Crippen LogP contribution < -0.4 is 5.32 Å². The molecule has 10 heteroatoms. The van der Waals surface area contributed by atoms with Gasteiger partial charge in [-0.05, 0) is 49.9 Å². The van der Waals surface area contributed by atoms with Gasteiger partial charge in [0.05, 0.1) is 24.7 Å². The molecule has 168 valence electrons. The summed E-state index contributed by atoms with van der Waals surface area (Å²) in [5, 5.41) is 8.03. The van der Waals surface area contributed by atoms with E-state index in [1.807, 2.05) is 16.8 Å². The molecule has 1 aliphatic carbocycles. The molecule has 2 heterocycles. The number of benzene rings is 1. The molecule has 2 aliphatic rings. The highest BCUT2D eigenvalue weighted by Crippen LogP contribution is 2.27. The van der Waals surface area contributed by atoms with Crippen LogP contribution in [0.2, 0.25) is 5.02 Å². The Bertz CT molecular complexity index is 1030. The Morgan fingerprint density at radius 2 is 1.81 bits per heavy atom. The van der Waals surface area contributed by atoms with E-state index >= 15 is 0 Å². The number of carbonyl (C=O) groups excluding carboxylic acids is 1. The van der Waals surface area contributed by atoms with Gasteiger partial charge in [0.2, 0.25) is 10.0 Å². The number of carbonyl (C=O) groups is 1. The summed E-state index contributed by atoms with van der Waals surface area (Å²) in [6.07, 6.45) is 4.80. The standard InChI is InChI=1S/C21H27ClN4O4S/c22-16-6-8-17(9-7-16)26-19-5-3-1-2-4-18(19)20(24-26)21(27)23-10-15-31(28,29)25-11-13-30-14-12-25/h6-9H,1-5,10-15H2,(H,23,27). The maximum atomic E-state index is 13.0. The maximum Gasteiger partial charge on any atom is 0.272 e. The minimum Gasteiger partial charge on any atom is -0.379 e. The highest BCUT2D eigenvalue weighted by molar-refractivity contribution is 7.89. The Hall–Kier alpha value is -1.94. The van der Waals surface area contributed by atoms with Gasteiger partial charge in [0.1, 0.15) is 0 Å². The van der Waals surface area contributed by atoms with Gasteiger partial charge in [-0.2, -0.15) is 9.40 Å². The van der Waals surface area contributed by atoms with Crippen molar-refractivity contribution in [1.82, 2.24) is 19.4 Å².